The molecule has 0 aromatic carbocycles. The first-order valence-electron chi connectivity index (χ1n) is 5.04. The van der Waals surface area contributed by atoms with Gasteiger partial charge in [0.25, 0.3) is 5.91 Å². The van der Waals surface area contributed by atoms with Crippen molar-refractivity contribution in [1.29, 1.82) is 0 Å². The van der Waals surface area contributed by atoms with E-state index in [1.54, 1.807) is 18.6 Å². The number of carbonyl (C=O) groups is 1. The van der Waals surface area contributed by atoms with Crippen molar-refractivity contribution in [3.05, 3.63) is 52.0 Å². The second-order valence-corrected chi connectivity index (χ2v) is 4.55. The molecule has 2 aromatic heterocycles. The molecule has 0 aliphatic rings. The molecule has 2 heterocycles. The van der Waals surface area contributed by atoms with E-state index in [1.165, 1.54) is 11.3 Å². The van der Waals surface area contributed by atoms with Gasteiger partial charge in [0.1, 0.15) is 0 Å². The molecule has 0 aliphatic heterocycles. The third-order valence-corrected chi connectivity index (χ3v) is 2.92. The number of carbonyl (C=O) groups excluding carboxylic acids is 1. The van der Waals surface area contributed by atoms with Gasteiger partial charge in [-0.25, -0.2) is 5.43 Å². The maximum atomic E-state index is 11.6. The summed E-state index contributed by atoms with van der Waals surface area (Å²) < 4.78 is 0. The number of hydrazone groups is 1. The Morgan fingerprint density at radius 1 is 1.59 bits per heavy atom. The number of aromatic nitrogens is 1. The second-order valence-electron chi connectivity index (χ2n) is 3.43. The highest BCUT2D eigenvalue weighted by Crippen LogP contribution is 2.12. The molecule has 0 aliphatic carbocycles. The standard InChI is InChI=1S/C12H11N3OS/c1-9-5-11(8-17-9)12(16)15-14-7-10-3-2-4-13-6-10/h2-8H,1H3,(H,15,16). The molecule has 1 amide bonds. The van der Waals surface area contributed by atoms with Gasteiger partial charge >= 0.3 is 0 Å². The molecule has 0 bridgehead atoms. The van der Waals surface area contributed by atoms with Crippen LogP contribution in [-0.2, 0) is 0 Å². The van der Waals surface area contributed by atoms with Crippen molar-refractivity contribution >= 4 is 23.5 Å². The number of pyridine rings is 1. The quantitative estimate of drug-likeness (QED) is 0.666. The smallest absolute Gasteiger partial charge is 0.267 e. The number of nitrogens with one attached hydrogen (secondary N) is 1. The lowest BCUT2D eigenvalue weighted by molar-refractivity contribution is 0.0955. The summed E-state index contributed by atoms with van der Waals surface area (Å²) in [6, 6.07) is 5.50. The summed E-state index contributed by atoms with van der Waals surface area (Å²) in [5, 5.41) is 5.68. The van der Waals surface area contributed by atoms with Crippen LogP contribution in [0, 0.1) is 6.92 Å². The minimum Gasteiger partial charge on any atom is -0.267 e. The Labute approximate surface area is 103 Å². The van der Waals surface area contributed by atoms with Crippen molar-refractivity contribution in [2.24, 2.45) is 5.10 Å². The van der Waals surface area contributed by atoms with Gasteiger partial charge in [-0.2, -0.15) is 5.10 Å². The van der Waals surface area contributed by atoms with Crippen LogP contribution in [0.1, 0.15) is 20.8 Å². The number of aryl methyl sites for hydroxylation is 1. The Balaban J connectivity index is 1.95. The zero-order valence-corrected chi connectivity index (χ0v) is 10.1. The molecule has 5 heteroatoms. The molecule has 0 saturated heterocycles. The van der Waals surface area contributed by atoms with Gasteiger partial charge in [0.05, 0.1) is 11.8 Å². The van der Waals surface area contributed by atoms with Crippen LogP contribution in [0.25, 0.3) is 0 Å². The maximum Gasteiger partial charge on any atom is 0.272 e. The van der Waals surface area contributed by atoms with Crippen LogP contribution < -0.4 is 5.43 Å². The predicted molar refractivity (Wildman–Crippen MR) is 68.4 cm³/mol. The average Bonchev–Trinajstić information content (AvgIpc) is 2.77. The number of hydrogen-bond donors (Lipinski definition) is 1. The molecular formula is C12H11N3OS. The molecule has 1 N–H and O–H groups in total. The van der Waals surface area contributed by atoms with Crippen molar-refractivity contribution in [3.63, 3.8) is 0 Å². The lowest BCUT2D eigenvalue weighted by Gasteiger charge is -1.95. The van der Waals surface area contributed by atoms with Crippen LogP contribution in [0.5, 0.6) is 0 Å². The zero-order chi connectivity index (χ0) is 12.1. The van der Waals surface area contributed by atoms with Gasteiger partial charge in [0, 0.05) is 28.2 Å². The largest absolute Gasteiger partial charge is 0.272 e. The predicted octanol–water partition coefficient (Wildman–Crippen LogP) is 2.22. The van der Waals surface area contributed by atoms with Gasteiger partial charge in [0.15, 0.2) is 0 Å². The van der Waals surface area contributed by atoms with Crippen LogP contribution in [0.4, 0.5) is 0 Å². The molecule has 2 rings (SSSR count). The molecule has 0 unspecified atom stereocenters. The monoisotopic (exact) mass is 245 g/mol. The average molecular weight is 245 g/mol. The lowest BCUT2D eigenvalue weighted by Crippen LogP contribution is -2.16. The van der Waals surface area contributed by atoms with Crippen molar-refractivity contribution in [2.45, 2.75) is 6.92 Å². The van der Waals surface area contributed by atoms with Crippen molar-refractivity contribution in [3.8, 4) is 0 Å². The summed E-state index contributed by atoms with van der Waals surface area (Å²) in [7, 11) is 0. The van der Waals surface area contributed by atoms with E-state index in [2.05, 4.69) is 15.5 Å². The van der Waals surface area contributed by atoms with Crippen molar-refractivity contribution in [2.75, 3.05) is 0 Å². The number of amides is 1. The molecule has 0 fully saturated rings. The summed E-state index contributed by atoms with van der Waals surface area (Å²) in [6.07, 6.45) is 4.92. The first-order valence-corrected chi connectivity index (χ1v) is 5.92. The van der Waals surface area contributed by atoms with Crippen LogP contribution >= 0.6 is 11.3 Å². The summed E-state index contributed by atoms with van der Waals surface area (Å²) in [6.45, 7) is 1.96. The van der Waals surface area contributed by atoms with E-state index in [0.717, 1.165) is 10.4 Å². The Hall–Kier alpha value is -2.01. The summed E-state index contributed by atoms with van der Waals surface area (Å²) >= 11 is 1.54. The Bertz CT molecular complexity index is 534. The van der Waals surface area contributed by atoms with Gasteiger partial charge in [-0.3, -0.25) is 9.78 Å². The fourth-order valence-electron chi connectivity index (χ4n) is 1.24. The van der Waals surface area contributed by atoms with E-state index >= 15 is 0 Å². The van der Waals surface area contributed by atoms with Crippen LogP contribution in [0.3, 0.4) is 0 Å². The third-order valence-electron chi connectivity index (χ3n) is 2.06. The van der Waals surface area contributed by atoms with Gasteiger partial charge in [0.2, 0.25) is 0 Å². The highest BCUT2D eigenvalue weighted by molar-refractivity contribution is 7.10. The molecule has 0 saturated carbocycles. The molecule has 0 radical (unpaired) electrons. The first kappa shape index (κ1) is 11.5. The topological polar surface area (TPSA) is 54.4 Å². The number of thiophene rings is 1. The van der Waals surface area contributed by atoms with Gasteiger partial charge < -0.3 is 0 Å². The summed E-state index contributed by atoms with van der Waals surface area (Å²) in [5.74, 6) is -0.200. The summed E-state index contributed by atoms with van der Waals surface area (Å²) in [4.78, 5) is 16.7. The number of nitrogens with zero attached hydrogens (tertiary/aromatic N) is 2. The van der Waals surface area contributed by atoms with Crippen molar-refractivity contribution < 1.29 is 4.79 Å². The fraction of sp³-hybridized carbons (Fsp3) is 0.0833. The number of rotatable bonds is 3. The molecular weight excluding hydrogens is 234 g/mol. The van der Waals surface area contributed by atoms with Gasteiger partial charge in [-0.05, 0) is 19.1 Å². The van der Waals surface area contributed by atoms with Gasteiger partial charge in [-0.15, -0.1) is 11.3 Å². The third kappa shape index (κ3) is 3.22. The minimum absolute atomic E-state index is 0.200. The van der Waals surface area contributed by atoms with E-state index < -0.39 is 0 Å². The maximum absolute atomic E-state index is 11.6. The van der Waals surface area contributed by atoms with E-state index in [4.69, 9.17) is 0 Å². The van der Waals surface area contributed by atoms with E-state index in [1.807, 2.05) is 30.5 Å². The lowest BCUT2D eigenvalue weighted by atomic mass is 10.3. The van der Waals surface area contributed by atoms with Crippen molar-refractivity contribution in [1.82, 2.24) is 10.4 Å². The van der Waals surface area contributed by atoms with E-state index in [0.29, 0.717) is 5.56 Å². The molecule has 4 nitrogen and oxygen atoms in total. The molecule has 17 heavy (non-hydrogen) atoms. The highest BCUT2D eigenvalue weighted by Gasteiger charge is 2.05. The normalized spacial score (nSPS) is 10.6. The first-order chi connectivity index (χ1) is 8.25. The Morgan fingerprint density at radius 2 is 2.47 bits per heavy atom. The second kappa shape index (κ2) is 5.36. The van der Waals surface area contributed by atoms with Gasteiger partial charge in [-0.1, -0.05) is 6.07 Å². The highest BCUT2D eigenvalue weighted by atomic mass is 32.1. The van der Waals surface area contributed by atoms with Crippen LogP contribution in [0.15, 0.2) is 41.1 Å². The molecule has 0 atom stereocenters. The zero-order valence-electron chi connectivity index (χ0n) is 9.25. The summed E-state index contributed by atoms with van der Waals surface area (Å²) in [5.41, 5.74) is 3.95. The number of hydrogen-bond acceptors (Lipinski definition) is 4. The van der Waals surface area contributed by atoms with Crippen LogP contribution in [0.2, 0.25) is 0 Å². The Kier molecular flexibility index (Phi) is 3.62. The molecule has 86 valence electrons. The fourth-order valence-corrected chi connectivity index (χ4v) is 1.93. The SMILES string of the molecule is Cc1cc(C(=O)NN=Cc2cccnc2)cs1. The molecule has 0 spiro atoms. The Morgan fingerprint density at radius 3 is 3.12 bits per heavy atom. The van der Waals surface area contributed by atoms with Crippen LogP contribution in [-0.4, -0.2) is 17.1 Å². The minimum atomic E-state index is -0.200. The molecule has 2 aromatic rings. The van der Waals surface area contributed by atoms with E-state index in [9.17, 15) is 4.79 Å². The van der Waals surface area contributed by atoms with E-state index in [-0.39, 0.29) is 5.91 Å².